The number of H-pyrrole nitrogens is 1. The van der Waals surface area contributed by atoms with Gasteiger partial charge in [0, 0.05) is 32.4 Å². The third kappa shape index (κ3) is 5.06. The second-order valence-electron chi connectivity index (χ2n) is 9.94. The maximum Gasteiger partial charge on any atom is 0.255 e. The number of imidazole rings is 1. The van der Waals surface area contributed by atoms with Crippen LogP contribution in [0.3, 0.4) is 0 Å². The third-order valence-corrected chi connectivity index (χ3v) is 5.98. The van der Waals surface area contributed by atoms with E-state index in [-0.39, 0.29) is 11.3 Å². The summed E-state index contributed by atoms with van der Waals surface area (Å²) in [4.78, 5) is 25.4. The second-order valence-corrected chi connectivity index (χ2v) is 9.94. The molecule has 1 amide bonds. The summed E-state index contributed by atoms with van der Waals surface area (Å²) in [6.45, 7) is 7.14. The summed E-state index contributed by atoms with van der Waals surface area (Å²) in [5, 5.41) is 3.10. The van der Waals surface area contributed by atoms with Gasteiger partial charge < -0.3 is 20.1 Å². The number of nitrogens with one attached hydrogen (secondary N) is 2. The lowest BCUT2D eigenvalue weighted by atomic mass is 9.87. The zero-order chi connectivity index (χ0) is 24.5. The Morgan fingerprint density at radius 2 is 1.65 bits per heavy atom. The van der Waals surface area contributed by atoms with E-state index in [1.165, 1.54) is 5.56 Å². The van der Waals surface area contributed by atoms with E-state index >= 15 is 0 Å². The molecular weight excluding hydrogens is 422 g/mol. The van der Waals surface area contributed by atoms with Crippen molar-refractivity contribution in [3.05, 3.63) is 83.7 Å². The Labute approximate surface area is 201 Å². The van der Waals surface area contributed by atoms with E-state index in [1.54, 1.807) is 0 Å². The van der Waals surface area contributed by atoms with E-state index < -0.39 is 0 Å². The molecule has 34 heavy (non-hydrogen) atoms. The first-order valence-electron chi connectivity index (χ1n) is 11.5. The monoisotopic (exact) mass is 455 g/mol. The zero-order valence-corrected chi connectivity index (χ0v) is 20.8. The van der Waals surface area contributed by atoms with Gasteiger partial charge in [0.2, 0.25) is 0 Å². The summed E-state index contributed by atoms with van der Waals surface area (Å²) in [6, 6.07) is 22.0. The molecule has 1 aromatic heterocycles. The van der Waals surface area contributed by atoms with Crippen LogP contribution in [0.1, 0.15) is 42.5 Å². The molecule has 0 bridgehead atoms. The summed E-state index contributed by atoms with van der Waals surface area (Å²) < 4.78 is 0. The number of para-hydroxylation sites is 1. The van der Waals surface area contributed by atoms with Crippen LogP contribution < -0.4 is 15.1 Å². The Morgan fingerprint density at radius 1 is 0.971 bits per heavy atom. The molecule has 6 heteroatoms. The lowest BCUT2D eigenvalue weighted by Crippen LogP contribution is -2.17. The first-order valence-corrected chi connectivity index (χ1v) is 11.5. The average Bonchev–Trinajstić information content (AvgIpc) is 3.19. The smallest absolute Gasteiger partial charge is 0.255 e. The summed E-state index contributed by atoms with van der Waals surface area (Å²) in [7, 11) is 5.97. The van der Waals surface area contributed by atoms with Crippen LogP contribution in [-0.4, -0.2) is 37.0 Å². The van der Waals surface area contributed by atoms with Crippen molar-refractivity contribution in [3.8, 4) is 0 Å². The minimum atomic E-state index is -0.133. The van der Waals surface area contributed by atoms with Crippen molar-refractivity contribution in [1.29, 1.82) is 0 Å². The summed E-state index contributed by atoms with van der Waals surface area (Å²) in [5.41, 5.74) is 6.41. The highest BCUT2D eigenvalue weighted by atomic mass is 16.1. The highest BCUT2D eigenvalue weighted by Crippen LogP contribution is 2.30. The van der Waals surface area contributed by atoms with Gasteiger partial charge in [-0.3, -0.25) is 4.79 Å². The largest absolute Gasteiger partial charge is 0.376 e. The van der Waals surface area contributed by atoms with Crippen molar-refractivity contribution in [1.82, 2.24) is 9.97 Å². The van der Waals surface area contributed by atoms with Gasteiger partial charge in [-0.25, -0.2) is 4.98 Å². The van der Waals surface area contributed by atoms with Gasteiger partial charge in [0.15, 0.2) is 0 Å². The lowest BCUT2D eigenvalue weighted by Gasteiger charge is -2.20. The molecule has 0 saturated heterocycles. The molecule has 176 valence electrons. The normalized spacial score (nSPS) is 11.5. The van der Waals surface area contributed by atoms with Crippen LogP contribution in [0.4, 0.5) is 17.1 Å². The fourth-order valence-corrected chi connectivity index (χ4v) is 3.96. The highest BCUT2D eigenvalue weighted by molar-refractivity contribution is 6.07. The molecule has 6 nitrogen and oxygen atoms in total. The minimum absolute atomic E-state index is 0.0467. The predicted molar refractivity (Wildman–Crippen MR) is 142 cm³/mol. The molecule has 0 aliphatic carbocycles. The van der Waals surface area contributed by atoms with Crippen molar-refractivity contribution in [3.63, 3.8) is 0 Å². The molecule has 0 fully saturated rings. The fraction of sp³-hybridized carbons (Fsp3) is 0.286. The molecule has 4 aromatic rings. The SMILES string of the molecule is CN(C)c1cc2nc(CN(C)c3ccccc3)[nH]c2cc1NC(=O)c1ccc(C(C)(C)C)cc1. The van der Waals surface area contributed by atoms with E-state index in [9.17, 15) is 4.79 Å². The van der Waals surface area contributed by atoms with Gasteiger partial charge in [-0.05, 0) is 47.4 Å². The number of carbonyl (C=O) groups excluding carboxylic acids is 1. The molecule has 4 rings (SSSR count). The van der Waals surface area contributed by atoms with Crippen molar-refractivity contribution >= 4 is 34.0 Å². The van der Waals surface area contributed by atoms with Gasteiger partial charge in [-0.2, -0.15) is 0 Å². The number of rotatable bonds is 6. The van der Waals surface area contributed by atoms with Crippen LogP contribution in [0.15, 0.2) is 66.7 Å². The number of hydrogen-bond donors (Lipinski definition) is 2. The van der Waals surface area contributed by atoms with E-state index in [4.69, 9.17) is 4.98 Å². The molecule has 0 spiro atoms. The zero-order valence-electron chi connectivity index (χ0n) is 20.8. The molecule has 1 heterocycles. The van der Waals surface area contributed by atoms with Crippen LogP contribution in [0.2, 0.25) is 0 Å². The first kappa shape index (κ1) is 23.4. The number of aromatic amines is 1. The van der Waals surface area contributed by atoms with Crippen LogP contribution in [0.25, 0.3) is 11.0 Å². The molecule has 0 saturated carbocycles. The third-order valence-electron chi connectivity index (χ3n) is 5.98. The van der Waals surface area contributed by atoms with Gasteiger partial charge >= 0.3 is 0 Å². The Hall–Kier alpha value is -3.80. The van der Waals surface area contributed by atoms with Gasteiger partial charge in [0.05, 0.1) is 29.0 Å². The number of amides is 1. The standard InChI is InChI=1S/C28H33N5O/c1-28(2,3)20-14-12-19(13-15-20)27(34)31-24-16-22-23(17-25(24)32(4)5)30-26(29-22)18-33(6)21-10-8-7-9-11-21/h7-17H,18H2,1-6H3,(H,29,30)(H,31,34). The molecule has 0 unspecified atom stereocenters. The number of aromatic nitrogens is 2. The highest BCUT2D eigenvalue weighted by Gasteiger charge is 2.17. The lowest BCUT2D eigenvalue weighted by molar-refractivity contribution is 0.102. The number of nitrogens with zero attached hydrogens (tertiary/aromatic N) is 3. The van der Waals surface area contributed by atoms with Crippen molar-refractivity contribution in [2.75, 3.05) is 36.3 Å². The van der Waals surface area contributed by atoms with E-state index in [1.807, 2.05) is 80.6 Å². The van der Waals surface area contributed by atoms with Crippen molar-refractivity contribution in [2.45, 2.75) is 32.7 Å². The molecule has 0 aliphatic rings. The molecule has 0 radical (unpaired) electrons. The van der Waals surface area contributed by atoms with Gasteiger partial charge in [0.25, 0.3) is 5.91 Å². The summed E-state index contributed by atoms with van der Waals surface area (Å²) >= 11 is 0. The fourth-order valence-electron chi connectivity index (χ4n) is 3.96. The van der Waals surface area contributed by atoms with E-state index in [2.05, 4.69) is 48.1 Å². The summed E-state index contributed by atoms with van der Waals surface area (Å²) in [6.07, 6.45) is 0. The molecule has 3 aromatic carbocycles. The van der Waals surface area contributed by atoms with Gasteiger partial charge in [-0.1, -0.05) is 51.1 Å². The minimum Gasteiger partial charge on any atom is -0.376 e. The number of carbonyl (C=O) groups is 1. The van der Waals surface area contributed by atoms with Crippen molar-refractivity contribution in [2.24, 2.45) is 0 Å². The quantitative estimate of drug-likeness (QED) is 0.385. The van der Waals surface area contributed by atoms with Crippen molar-refractivity contribution < 1.29 is 4.79 Å². The Kier molecular flexibility index (Phi) is 6.33. The number of benzene rings is 3. The van der Waals surface area contributed by atoms with Gasteiger partial charge in [-0.15, -0.1) is 0 Å². The first-order chi connectivity index (χ1) is 16.1. The molecule has 2 N–H and O–H groups in total. The molecule has 0 aliphatic heterocycles. The molecule has 0 atom stereocenters. The van der Waals surface area contributed by atoms with Crippen LogP contribution in [0.5, 0.6) is 0 Å². The summed E-state index contributed by atoms with van der Waals surface area (Å²) in [5.74, 6) is 0.735. The van der Waals surface area contributed by atoms with Crippen LogP contribution in [0, 0.1) is 0 Å². The van der Waals surface area contributed by atoms with Gasteiger partial charge in [0.1, 0.15) is 5.82 Å². The van der Waals surface area contributed by atoms with E-state index in [0.717, 1.165) is 33.9 Å². The predicted octanol–water partition coefficient (Wildman–Crippen LogP) is 5.82. The maximum atomic E-state index is 13.0. The molecular formula is C28H33N5O. The van der Waals surface area contributed by atoms with Crippen LogP contribution >= 0.6 is 0 Å². The Morgan fingerprint density at radius 3 is 2.26 bits per heavy atom. The second kappa shape index (κ2) is 9.21. The van der Waals surface area contributed by atoms with Crippen LogP contribution in [-0.2, 0) is 12.0 Å². The Balaban J connectivity index is 1.59. The maximum absolute atomic E-state index is 13.0. The van der Waals surface area contributed by atoms with E-state index in [0.29, 0.717) is 12.1 Å². The number of fused-ring (bicyclic) bond motifs is 1. The number of anilines is 3. The Bertz CT molecular complexity index is 1280. The topological polar surface area (TPSA) is 64.3 Å². The average molecular weight is 456 g/mol. The number of hydrogen-bond acceptors (Lipinski definition) is 4.